The molecule has 0 spiro atoms. The fraction of sp³-hybridized carbons (Fsp3) is 0.364. The molecule has 0 heterocycles. The predicted molar refractivity (Wildman–Crippen MR) is 71.3 cm³/mol. The van der Waals surface area contributed by atoms with Gasteiger partial charge in [-0.25, -0.2) is 0 Å². The van der Waals surface area contributed by atoms with Crippen LogP contribution in [0, 0.1) is 0 Å². The molecule has 1 rings (SSSR count). The van der Waals surface area contributed by atoms with Crippen LogP contribution >= 0.6 is 34.8 Å². The number of aliphatic carboxylic acids is 1. The number of carboxylic acid groups (broad SMARTS) is 1. The van der Waals surface area contributed by atoms with E-state index < -0.39 is 9.76 Å². The summed E-state index contributed by atoms with van der Waals surface area (Å²) in [5.41, 5.74) is 1.34. The van der Waals surface area contributed by atoms with Crippen LogP contribution in [0.2, 0.25) is 0 Å². The van der Waals surface area contributed by atoms with Crippen molar-refractivity contribution >= 4 is 46.5 Å². The summed E-state index contributed by atoms with van der Waals surface area (Å²) in [5, 5.41) is 9.51. The molecule has 0 aliphatic rings. The molecule has 1 aromatic rings. The number of rotatable bonds is 1. The second-order valence-corrected chi connectivity index (χ2v) is 6.41. The van der Waals surface area contributed by atoms with Crippen molar-refractivity contribution < 1.29 is 9.90 Å². The minimum Gasteiger partial charge on any atom is -0.545 e. The maximum absolute atomic E-state index is 9.51. The Kier molecular flexibility index (Phi) is 6.27. The Morgan fingerprint density at radius 1 is 1.12 bits per heavy atom. The van der Waals surface area contributed by atoms with E-state index >= 15 is 0 Å². The van der Waals surface area contributed by atoms with Crippen molar-refractivity contribution in [1.29, 1.82) is 0 Å². The molecular formula is C11H14Cl3NO2. The van der Waals surface area contributed by atoms with Gasteiger partial charge in [0.1, 0.15) is 5.69 Å². The third-order valence-electron chi connectivity index (χ3n) is 1.76. The average molecular weight is 299 g/mol. The molecule has 6 heteroatoms. The zero-order valence-electron chi connectivity index (χ0n) is 9.78. The first-order valence-electron chi connectivity index (χ1n) is 4.70. The smallest absolute Gasteiger partial charge is 0.230 e. The standard InChI is InChI=1S/C9H14N.C2HCl3O2/c1-10(2,3)9-7-5-4-6-8-9;3-2(4,5)1(6)7/h4-8H,1-3H3;(H,6,7)/q+1;/p-1. The van der Waals surface area contributed by atoms with Crippen LogP contribution in [0.1, 0.15) is 0 Å². The lowest BCUT2D eigenvalue weighted by atomic mass is 10.3. The molecule has 96 valence electrons. The summed E-state index contributed by atoms with van der Waals surface area (Å²) in [6, 6.07) is 10.5. The third-order valence-corrected chi connectivity index (χ3v) is 2.23. The van der Waals surface area contributed by atoms with Gasteiger partial charge in [-0.2, -0.15) is 0 Å². The zero-order chi connectivity index (χ0) is 13.7. The largest absolute Gasteiger partial charge is 0.545 e. The summed E-state index contributed by atoms with van der Waals surface area (Å²) < 4.78 is -1.39. The lowest BCUT2D eigenvalue weighted by molar-refractivity contribution is -0.304. The molecule has 0 bridgehead atoms. The third kappa shape index (κ3) is 7.45. The number of benzene rings is 1. The number of hydrogen-bond donors (Lipinski definition) is 0. The Balaban J connectivity index is 0.000000325. The van der Waals surface area contributed by atoms with Gasteiger partial charge < -0.3 is 9.90 Å². The zero-order valence-corrected chi connectivity index (χ0v) is 12.1. The van der Waals surface area contributed by atoms with Crippen molar-refractivity contribution in [2.24, 2.45) is 0 Å². The van der Waals surface area contributed by atoms with E-state index in [1.807, 2.05) is 6.07 Å². The molecule has 0 atom stereocenters. The van der Waals surface area contributed by atoms with Crippen LogP contribution in [-0.2, 0) is 4.79 Å². The van der Waals surface area contributed by atoms with Crippen LogP contribution in [0.4, 0.5) is 5.69 Å². The van der Waals surface area contributed by atoms with Gasteiger partial charge in [0, 0.05) is 0 Å². The number of carbonyl (C=O) groups is 1. The SMILES string of the molecule is C[N+](C)(C)c1ccccc1.O=C([O-])C(Cl)(Cl)Cl. The van der Waals surface area contributed by atoms with Crippen LogP contribution in [-0.4, -0.2) is 30.9 Å². The molecule has 0 saturated heterocycles. The van der Waals surface area contributed by atoms with E-state index in [-0.39, 0.29) is 0 Å². The quantitative estimate of drug-likeness (QED) is 0.587. The average Bonchev–Trinajstić information content (AvgIpc) is 2.17. The second kappa shape index (κ2) is 6.45. The van der Waals surface area contributed by atoms with E-state index in [0.717, 1.165) is 4.48 Å². The van der Waals surface area contributed by atoms with E-state index in [1.165, 1.54) is 5.69 Å². The normalized spacial score (nSPS) is 11.4. The molecule has 0 saturated carbocycles. The Morgan fingerprint density at radius 2 is 1.47 bits per heavy atom. The molecule has 0 aliphatic carbocycles. The lowest BCUT2D eigenvalue weighted by Gasteiger charge is -2.22. The first-order chi connectivity index (χ1) is 7.55. The van der Waals surface area contributed by atoms with E-state index in [1.54, 1.807) is 0 Å². The van der Waals surface area contributed by atoms with Gasteiger partial charge in [0.2, 0.25) is 3.79 Å². The molecule has 0 radical (unpaired) electrons. The van der Waals surface area contributed by atoms with Gasteiger partial charge >= 0.3 is 0 Å². The number of quaternary nitrogens is 1. The van der Waals surface area contributed by atoms with Crippen molar-refractivity contribution in [2.75, 3.05) is 21.1 Å². The monoisotopic (exact) mass is 297 g/mol. The molecule has 0 fully saturated rings. The molecule has 0 amide bonds. The highest BCUT2D eigenvalue weighted by atomic mass is 35.6. The summed E-state index contributed by atoms with van der Waals surface area (Å²) in [4.78, 5) is 9.51. The Bertz CT molecular complexity index is 355. The van der Waals surface area contributed by atoms with Crippen LogP contribution < -0.4 is 9.59 Å². The number of carbonyl (C=O) groups excluding carboxylic acids is 1. The summed E-state index contributed by atoms with van der Waals surface area (Å²) >= 11 is 14.2. The summed E-state index contributed by atoms with van der Waals surface area (Å²) in [6.45, 7) is 0. The van der Waals surface area contributed by atoms with Crippen LogP contribution in [0.3, 0.4) is 0 Å². The fourth-order valence-corrected chi connectivity index (χ4v) is 0.875. The van der Waals surface area contributed by atoms with Gasteiger partial charge in [-0.3, -0.25) is 4.48 Å². The highest BCUT2D eigenvalue weighted by Crippen LogP contribution is 2.24. The fourth-order valence-electron chi connectivity index (χ4n) is 0.875. The van der Waals surface area contributed by atoms with E-state index in [2.05, 4.69) is 45.4 Å². The maximum atomic E-state index is 9.51. The van der Waals surface area contributed by atoms with Crippen molar-refractivity contribution in [3.63, 3.8) is 0 Å². The molecule has 0 aromatic heterocycles. The highest BCUT2D eigenvalue weighted by Gasteiger charge is 2.20. The lowest BCUT2D eigenvalue weighted by Crippen LogP contribution is -2.35. The number of carboxylic acids is 1. The van der Waals surface area contributed by atoms with Gasteiger partial charge in [-0.05, 0) is 12.1 Å². The van der Waals surface area contributed by atoms with Crippen molar-refractivity contribution in [1.82, 2.24) is 4.48 Å². The molecule has 1 aromatic carbocycles. The first kappa shape index (κ1) is 16.5. The highest BCUT2D eigenvalue weighted by molar-refractivity contribution is 6.75. The number of hydrogen-bond acceptors (Lipinski definition) is 2. The van der Waals surface area contributed by atoms with Gasteiger partial charge in [0.15, 0.2) is 0 Å². The van der Waals surface area contributed by atoms with E-state index in [4.69, 9.17) is 34.8 Å². The van der Waals surface area contributed by atoms with Crippen molar-refractivity contribution in [3.05, 3.63) is 30.3 Å². The minimum absolute atomic E-state index is 0.890. The number of halogens is 3. The Morgan fingerprint density at radius 3 is 1.65 bits per heavy atom. The van der Waals surface area contributed by atoms with Crippen LogP contribution in [0.25, 0.3) is 0 Å². The molecule has 3 nitrogen and oxygen atoms in total. The van der Waals surface area contributed by atoms with Crippen LogP contribution in [0.15, 0.2) is 30.3 Å². The van der Waals surface area contributed by atoms with Gasteiger partial charge in [-0.15, -0.1) is 0 Å². The molecule has 17 heavy (non-hydrogen) atoms. The van der Waals surface area contributed by atoms with Gasteiger partial charge in [-0.1, -0.05) is 53.0 Å². The van der Waals surface area contributed by atoms with E-state index in [0.29, 0.717) is 0 Å². The predicted octanol–water partition coefficient (Wildman–Crippen LogP) is 1.99. The molecule has 0 aliphatic heterocycles. The molecule has 0 unspecified atom stereocenters. The summed E-state index contributed by atoms with van der Waals surface area (Å²) in [5.74, 6) is -1.71. The van der Waals surface area contributed by atoms with Crippen molar-refractivity contribution in [2.45, 2.75) is 3.79 Å². The summed E-state index contributed by atoms with van der Waals surface area (Å²) in [7, 11) is 6.49. The van der Waals surface area contributed by atoms with Crippen LogP contribution in [0.5, 0.6) is 0 Å². The van der Waals surface area contributed by atoms with Crippen molar-refractivity contribution in [3.8, 4) is 0 Å². The summed E-state index contributed by atoms with van der Waals surface area (Å²) in [6.07, 6.45) is 0. The number of alkyl halides is 3. The Labute approximate surface area is 116 Å². The molecule has 0 N–H and O–H groups in total. The second-order valence-electron chi connectivity index (χ2n) is 4.13. The van der Waals surface area contributed by atoms with Gasteiger partial charge in [0.05, 0.1) is 27.1 Å². The minimum atomic E-state index is -2.28. The Hall–Kier alpha value is -0.480. The first-order valence-corrected chi connectivity index (χ1v) is 5.84. The number of nitrogens with zero attached hydrogens (tertiary/aromatic N) is 1. The molecular weight excluding hydrogens is 284 g/mol. The number of para-hydroxylation sites is 1. The van der Waals surface area contributed by atoms with E-state index in [9.17, 15) is 9.90 Å². The maximum Gasteiger partial charge on any atom is 0.230 e. The topological polar surface area (TPSA) is 40.1 Å². The van der Waals surface area contributed by atoms with Gasteiger partial charge in [0.25, 0.3) is 0 Å².